The minimum atomic E-state index is -0.173. The van der Waals surface area contributed by atoms with E-state index in [9.17, 15) is 0 Å². The predicted molar refractivity (Wildman–Crippen MR) is 85.2 cm³/mol. The molecule has 0 amide bonds. The summed E-state index contributed by atoms with van der Waals surface area (Å²) in [7, 11) is 0. The number of hydrogen-bond donors (Lipinski definition) is 1. The smallest absolute Gasteiger partial charge is 0.214 e. The zero-order valence-electron chi connectivity index (χ0n) is 14.1. The average molecular weight is 278 g/mol. The van der Waals surface area contributed by atoms with E-state index in [1.165, 1.54) is 5.56 Å². The van der Waals surface area contributed by atoms with E-state index >= 15 is 0 Å². The first-order valence-electron chi connectivity index (χ1n) is 7.59. The van der Waals surface area contributed by atoms with Crippen LogP contribution in [0.15, 0.2) is 12.1 Å². The Hall–Kier alpha value is -1.09. The number of hydrogen-bond acceptors (Lipinski definition) is 3. The zero-order valence-corrected chi connectivity index (χ0v) is 14.1. The summed E-state index contributed by atoms with van der Waals surface area (Å²) >= 11 is 0. The van der Waals surface area contributed by atoms with Crippen LogP contribution in [0.1, 0.15) is 66.1 Å². The number of ether oxygens (including phenoxy) is 1. The van der Waals surface area contributed by atoms with Crippen LogP contribution in [-0.2, 0) is 13.0 Å². The number of aryl methyl sites for hydroxylation is 1. The highest BCUT2D eigenvalue weighted by Gasteiger charge is 2.18. The molecule has 1 aromatic heterocycles. The third-order valence-corrected chi connectivity index (χ3v) is 3.33. The number of nitrogens with zero attached hydrogens (tertiary/aromatic N) is 1. The van der Waals surface area contributed by atoms with Crippen molar-refractivity contribution in [2.45, 2.75) is 79.0 Å². The number of nitrogens with one attached hydrogen (secondary N) is 1. The third kappa shape index (κ3) is 5.91. The summed E-state index contributed by atoms with van der Waals surface area (Å²) in [4.78, 5) is 4.58. The second kappa shape index (κ2) is 6.57. The van der Waals surface area contributed by atoms with E-state index in [1.54, 1.807) is 0 Å². The fourth-order valence-electron chi connectivity index (χ4n) is 1.68. The van der Waals surface area contributed by atoms with Gasteiger partial charge in [0.2, 0.25) is 5.88 Å². The molecule has 1 heterocycles. The van der Waals surface area contributed by atoms with Crippen LogP contribution in [-0.4, -0.2) is 16.1 Å². The van der Waals surface area contributed by atoms with E-state index < -0.39 is 0 Å². The van der Waals surface area contributed by atoms with Gasteiger partial charge in [-0.05, 0) is 59.1 Å². The molecule has 3 nitrogen and oxygen atoms in total. The summed E-state index contributed by atoms with van der Waals surface area (Å²) in [6, 6.07) is 4.21. The van der Waals surface area contributed by atoms with E-state index in [1.807, 2.05) is 0 Å². The Kier molecular flexibility index (Phi) is 5.58. The summed E-state index contributed by atoms with van der Waals surface area (Å²) in [5, 5.41) is 3.51. The molecule has 1 rings (SSSR count). The molecule has 0 saturated heterocycles. The van der Waals surface area contributed by atoms with Crippen molar-refractivity contribution < 1.29 is 4.74 Å². The Morgan fingerprint density at radius 3 is 2.25 bits per heavy atom. The van der Waals surface area contributed by atoms with Crippen molar-refractivity contribution in [1.29, 1.82) is 0 Å². The molecule has 0 bridgehead atoms. The van der Waals surface area contributed by atoms with Gasteiger partial charge in [-0.25, -0.2) is 4.98 Å². The van der Waals surface area contributed by atoms with Crippen LogP contribution in [0.4, 0.5) is 0 Å². The topological polar surface area (TPSA) is 34.1 Å². The van der Waals surface area contributed by atoms with Gasteiger partial charge in [-0.2, -0.15) is 0 Å². The maximum absolute atomic E-state index is 6.03. The zero-order chi connectivity index (χ0) is 15.4. The molecule has 0 spiro atoms. The van der Waals surface area contributed by atoms with Gasteiger partial charge in [0.15, 0.2) is 0 Å². The molecule has 0 aromatic carbocycles. The van der Waals surface area contributed by atoms with E-state index in [0.29, 0.717) is 0 Å². The van der Waals surface area contributed by atoms with Crippen molar-refractivity contribution in [3.8, 4) is 5.88 Å². The van der Waals surface area contributed by atoms with E-state index in [2.05, 4.69) is 70.9 Å². The molecule has 0 fully saturated rings. The Labute approximate surface area is 124 Å². The van der Waals surface area contributed by atoms with Gasteiger partial charge in [0.25, 0.3) is 0 Å². The van der Waals surface area contributed by atoms with E-state index in [0.717, 1.165) is 31.0 Å². The lowest BCUT2D eigenvalue weighted by Crippen LogP contribution is -2.35. The predicted octanol–water partition coefficient (Wildman–Crippen LogP) is 4.10. The highest BCUT2D eigenvalue weighted by molar-refractivity contribution is 5.26. The van der Waals surface area contributed by atoms with Gasteiger partial charge in [-0.15, -0.1) is 0 Å². The van der Waals surface area contributed by atoms with Crippen molar-refractivity contribution in [2.24, 2.45) is 0 Å². The minimum Gasteiger partial charge on any atom is -0.472 e. The average Bonchev–Trinajstić information content (AvgIpc) is 2.34. The van der Waals surface area contributed by atoms with Crippen LogP contribution >= 0.6 is 0 Å². The van der Waals surface area contributed by atoms with Crippen molar-refractivity contribution in [2.75, 3.05) is 0 Å². The maximum atomic E-state index is 6.03. The largest absolute Gasteiger partial charge is 0.472 e. The van der Waals surface area contributed by atoms with Crippen LogP contribution in [0.5, 0.6) is 5.88 Å². The van der Waals surface area contributed by atoms with Crippen LogP contribution in [0.25, 0.3) is 0 Å². The molecule has 20 heavy (non-hydrogen) atoms. The highest BCUT2D eigenvalue weighted by Crippen LogP contribution is 2.21. The lowest BCUT2D eigenvalue weighted by atomic mass is 10.1. The van der Waals surface area contributed by atoms with Gasteiger partial charge in [0.05, 0.1) is 0 Å². The van der Waals surface area contributed by atoms with Crippen molar-refractivity contribution in [1.82, 2.24) is 10.3 Å². The summed E-state index contributed by atoms with van der Waals surface area (Å²) in [6.45, 7) is 15.8. The first kappa shape index (κ1) is 17.0. The van der Waals surface area contributed by atoms with Crippen molar-refractivity contribution in [3.05, 3.63) is 23.4 Å². The van der Waals surface area contributed by atoms with Gasteiger partial charge in [-0.3, -0.25) is 0 Å². The molecular formula is C17H30N2O. The normalized spacial score (nSPS) is 12.6. The van der Waals surface area contributed by atoms with Crippen LogP contribution < -0.4 is 10.1 Å². The summed E-state index contributed by atoms with van der Waals surface area (Å²) in [5.74, 6) is 0.738. The van der Waals surface area contributed by atoms with Gasteiger partial charge in [0.1, 0.15) is 5.60 Å². The van der Waals surface area contributed by atoms with E-state index in [4.69, 9.17) is 4.74 Å². The molecule has 3 heteroatoms. The first-order valence-corrected chi connectivity index (χ1v) is 7.59. The molecule has 0 unspecified atom stereocenters. The molecule has 114 valence electrons. The summed E-state index contributed by atoms with van der Waals surface area (Å²) in [5.41, 5.74) is 2.25. The van der Waals surface area contributed by atoms with Crippen molar-refractivity contribution >= 4 is 0 Å². The van der Waals surface area contributed by atoms with Gasteiger partial charge in [0, 0.05) is 23.8 Å². The maximum Gasteiger partial charge on any atom is 0.214 e. The molecule has 0 aliphatic carbocycles. The summed E-state index contributed by atoms with van der Waals surface area (Å²) in [6.07, 6.45) is 1.88. The molecule has 1 aromatic rings. The van der Waals surface area contributed by atoms with Crippen LogP contribution in [0.2, 0.25) is 0 Å². The molecule has 1 N–H and O–H groups in total. The second-order valence-corrected chi connectivity index (χ2v) is 6.98. The van der Waals surface area contributed by atoms with Crippen LogP contribution in [0, 0.1) is 0 Å². The van der Waals surface area contributed by atoms with Gasteiger partial charge >= 0.3 is 0 Å². The number of pyridine rings is 1. The fourth-order valence-corrected chi connectivity index (χ4v) is 1.68. The molecule has 0 radical (unpaired) electrons. The van der Waals surface area contributed by atoms with Gasteiger partial charge < -0.3 is 10.1 Å². The third-order valence-electron chi connectivity index (χ3n) is 3.33. The molecule has 0 saturated carbocycles. The minimum absolute atomic E-state index is 0.110. The van der Waals surface area contributed by atoms with Crippen LogP contribution in [0.3, 0.4) is 0 Å². The Bertz CT molecular complexity index is 433. The van der Waals surface area contributed by atoms with Crippen molar-refractivity contribution in [3.63, 3.8) is 0 Å². The van der Waals surface area contributed by atoms with Gasteiger partial charge in [-0.1, -0.05) is 13.8 Å². The number of aromatic nitrogens is 1. The highest BCUT2D eigenvalue weighted by atomic mass is 16.5. The number of rotatable bonds is 6. The monoisotopic (exact) mass is 278 g/mol. The quantitative estimate of drug-likeness (QED) is 0.850. The molecular weight excluding hydrogens is 248 g/mol. The SMILES string of the molecule is CCc1cc(CNC(C)(C)C)cc(OC(C)(C)CC)n1. The molecule has 0 atom stereocenters. The Balaban J connectivity index is 2.91. The lowest BCUT2D eigenvalue weighted by Gasteiger charge is -2.25. The summed E-state index contributed by atoms with van der Waals surface area (Å²) < 4.78 is 6.03. The Morgan fingerprint density at radius 1 is 1.10 bits per heavy atom. The molecule has 0 aliphatic rings. The molecule has 0 aliphatic heterocycles. The second-order valence-electron chi connectivity index (χ2n) is 6.98. The fraction of sp³-hybridized carbons (Fsp3) is 0.706. The Morgan fingerprint density at radius 2 is 1.75 bits per heavy atom. The first-order chi connectivity index (χ1) is 9.15. The van der Waals surface area contributed by atoms with E-state index in [-0.39, 0.29) is 11.1 Å². The standard InChI is InChI=1S/C17H30N2O/c1-8-14-10-13(12-18-16(3,4)5)11-15(19-14)20-17(6,7)9-2/h10-11,18H,8-9,12H2,1-7H3. The lowest BCUT2D eigenvalue weighted by molar-refractivity contribution is 0.0986.